The van der Waals surface area contributed by atoms with Gasteiger partial charge in [-0.25, -0.2) is 9.78 Å². The molecule has 0 amide bonds. The Morgan fingerprint density at radius 3 is 2.80 bits per heavy atom. The first-order chi connectivity index (χ1) is 9.83. The van der Waals surface area contributed by atoms with Crippen LogP contribution < -0.4 is 5.69 Å². The van der Waals surface area contributed by atoms with Crippen LogP contribution in [0.25, 0.3) is 27.8 Å². The van der Waals surface area contributed by atoms with E-state index in [1.165, 1.54) is 4.40 Å². The molecule has 0 unspecified atom stereocenters. The van der Waals surface area contributed by atoms with Gasteiger partial charge in [0.25, 0.3) is 0 Å². The molecule has 3 aromatic heterocycles. The van der Waals surface area contributed by atoms with Crippen molar-refractivity contribution in [1.29, 1.82) is 0 Å². The number of aromatic amines is 1. The summed E-state index contributed by atoms with van der Waals surface area (Å²) in [6.07, 6.45) is 5.11. The predicted octanol–water partition coefficient (Wildman–Crippen LogP) is 2.24. The van der Waals surface area contributed by atoms with Crippen molar-refractivity contribution in [3.8, 4) is 11.3 Å². The lowest BCUT2D eigenvalue weighted by molar-refractivity contribution is 1.03. The second-order valence-corrected chi connectivity index (χ2v) is 4.54. The summed E-state index contributed by atoms with van der Waals surface area (Å²) in [5, 5.41) is 0.828. The van der Waals surface area contributed by atoms with Crippen LogP contribution in [0.15, 0.2) is 59.8 Å². The molecule has 0 aliphatic carbocycles. The number of rotatable bonds is 1. The zero-order valence-corrected chi connectivity index (χ0v) is 10.4. The summed E-state index contributed by atoms with van der Waals surface area (Å²) < 4.78 is 1.52. The molecule has 0 fully saturated rings. The average Bonchev–Trinajstić information content (AvgIpc) is 2.94. The van der Waals surface area contributed by atoms with Crippen molar-refractivity contribution < 1.29 is 0 Å². The third-order valence-corrected chi connectivity index (χ3v) is 3.30. The number of pyridine rings is 1. The van der Waals surface area contributed by atoms with Gasteiger partial charge in [-0.1, -0.05) is 30.3 Å². The lowest BCUT2D eigenvalue weighted by Gasteiger charge is -1.98. The van der Waals surface area contributed by atoms with E-state index in [0.717, 1.165) is 22.2 Å². The van der Waals surface area contributed by atoms with Crippen molar-refractivity contribution in [3.05, 3.63) is 65.5 Å². The van der Waals surface area contributed by atoms with E-state index < -0.39 is 0 Å². The number of nitrogens with zero attached hydrogens (tertiary/aromatic N) is 3. The van der Waals surface area contributed by atoms with E-state index in [0.29, 0.717) is 5.65 Å². The fourth-order valence-electron chi connectivity index (χ4n) is 2.33. The molecular weight excluding hydrogens is 252 g/mol. The van der Waals surface area contributed by atoms with Gasteiger partial charge in [0.05, 0.1) is 16.6 Å². The van der Waals surface area contributed by atoms with Crippen molar-refractivity contribution in [1.82, 2.24) is 19.4 Å². The van der Waals surface area contributed by atoms with Gasteiger partial charge in [0.15, 0.2) is 5.65 Å². The highest BCUT2D eigenvalue weighted by molar-refractivity contribution is 5.91. The molecule has 4 rings (SSSR count). The fourth-order valence-corrected chi connectivity index (χ4v) is 2.33. The minimum Gasteiger partial charge on any atom is -0.306 e. The lowest BCUT2D eigenvalue weighted by atomic mass is 10.2. The first-order valence-corrected chi connectivity index (χ1v) is 6.23. The third kappa shape index (κ3) is 1.53. The Labute approximate surface area is 113 Å². The molecule has 0 aliphatic rings. The molecule has 0 saturated carbocycles. The second kappa shape index (κ2) is 4.03. The van der Waals surface area contributed by atoms with Gasteiger partial charge < -0.3 is 4.98 Å². The minimum absolute atomic E-state index is 0.201. The van der Waals surface area contributed by atoms with E-state index in [2.05, 4.69) is 15.0 Å². The second-order valence-electron chi connectivity index (χ2n) is 4.54. The summed E-state index contributed by atoms with van der Waals surface area (Å²) in [5.41, 5.74) is 2.91. The predicted molar refractivity (Wildman–Crippen MR) is 76.5 cm³/mol. The quantitative estimate of drug-likeness (QED) is 0.572. The third-order valence-electron chi connectivity index (χ3n) is 3.30. The molecule has 0 atom stereocenters. The van der Waals surface area contributed by atoms with Gasteiger partial charge >= 0.3 is 5.69 Å². The molecule has 3 heterocycles. The SMILES string of the molecule is O=c1[nH]c2ccncc2c2nc(-c3ccccc3)cn12. The number of hydrogen-bond donors (Lipinski definition) is 1. The van der Waals surface area contributed by atoms with E-state index in [9.17, 15) is 4.79 Å². The summed E-state index contributed by atoms with van der Waals surface area (Å²) in [6, 6.07) is 11.6. The Hall–Kier alpha value is -2.95. The maximum atomic E-state index is 12.1. The maximum Gasteiger partial charge on any atom is 0.331 e. The molecule has 0 radical (unpaired) electrons. The smallest absolute Gasteiger partial charge is 0.306 e. The highest BCUT2D eigenvalue weighted by Crippen LogP contribution is 2.21. The van der Waals surface area contributed by atoms with Gasteiger partial charge in [-0.05, 0) is 6.07 Å². The van der Waals surface area contributed by atoms with Crippen molar-refractivity contribution in [2.45, 2.75) is 0 Å². The number of benzene rings is 1. The van der Waals surface area contributed by atoms with Crippen molar-refractivity contribution in [2.75, 3.05) is 0 Å². The zero-order chi connectivity index (χ0) is 13.5. The van der Waals surface area contributed by atoms with Crippen molar-refractivity contribution in [3.63, 3.8) is 0 Å². The summed E-state index contributed by atoms with van der Waals surface area (Å²) in [4.78, 5) is 23.6. The topological polar surface area (TPSA) is 63.0 Å². The van der Waals surface area contributed by atoms with Crippen LogP contribution in [0.2, 0.25) is 0 Å². The van der Waals surface area contributed by atoms with Gasteiger partial charge in [-0.2, -0.15) is 0 Å². The molecule has 5 heteroatoms. The van der Waals surface area contributed by atoms with Gasteiger partial charge in [0.2, 0.25) is 0 Å². The van der Waals surface area contributed by atoms with E-state index >= 15 is 0 Å². The van der Waals surface area contributed by atoms with Gasteiger partial charge in [-0.15, -0.1) is 0 Å². The first-order valence-electron chi connectivity index (χ1n) is 6.23. The summed E-state index contributed by atoms with van der Waals surface area (Å²) in [5.74, 6) is 0. The van der Waals surface area contributed by atoms with Crippen LogP contribution in [0.1, 0.15) is 0 Å². The standard InChI is InChI=1S/C15H10N4O/c20-15-18-12-6-7-16-8-11(12)14-17-13(9-19(14)15)10-4-2-1-3-5-10/h1-9H,(H,18,20). The molecule has 5 nitrogen and oxygen atoms in total. The fraction of sp³-hybridized carbons (Fsp3) is 0. The lowest BCUT2D eigenvalue weighted by Crippen LogP contribution is -2.15. The maximum absolute atomic E-state index is 12.1. The summed E-state index contributed by atoms with van der Waals surface area (Å²) >= 11 is 0. The minimum atomic E-state index is -0.201. The van der Waals surface area contributed by atoms with Crippen LogP contribution in [0.3, 0.4) is 0 Å². The zero-order valence-electron chi connectivity index (χ0n) is 10.4. The van der Waals surface area contributed by atoms with Crippen molar-refractivity contribution >= 4 is 16.6 Å². The highest BCUT2D eigenvalue weighted by Gasteiger charge is 2.10. The van der Waals surface area contributed by atoms with E-state index in [1.54, 1.807) is 24.7 Å². The normalized spacial score (nSPS) is 11.2. The Bertz CT molecular complexity index is 969. The van der Waals surface area contributed by atoms with Gasteiger partial charge in [-0.3, -0.25) is 9.38 Å². The summed E-state index contributed by atoms with van der Waals surface area (Å²) in [7, 11) is 0. The summed E-state index contributed by atoms with van der Waals surface area (Å²) in [6.45, 7) is 0. The van der Waals surface area contributed by atoms with Gasteiger partial charge in [0, 0.05) is 24.2 Å². The van der Waals surface area contributed by atoms with Crippen molar-refractivity contribution in [2.24, 2.45) is 0 Å². The van der Waals surface area contributed by atoms with E-state index in [4.69, 9.17) is 0 Å². The number of H-pyrrole nitrogens is 1. The molecule has 0 bridgehead atoms. The number of aromatic nitrogens is 4. The van der Waals surface area contributed by atoms with E-state index in [-0.39, 0.29) is 5.69 Å². The average molecular weight is 262 g/mol. The molecular formula is C15H10N4O. The number of nitrogens with one attached hydrogen (secondary N) is 1. The molecule has 96 valence electrons. The monoisotopic (exact) mass is 262 g/mol. The Balaban J connectivity index is 2.11. The Morgan fingerprint density at radius 2 is 1.95 bits per heavy atom. The van der Waals surface area contributed by atoms with Crippen LogP contribution in [0, 0.1) is 0 Å². The van der Waals surface area contributed by atoms with Crippen LogP contribution in [-0.4, -0.2) is 19.4 Å². The Kier molecular flexibility index (Phi) is 2.20. The van der Waals surface area contributed by atoms with Crippen LogP contribution in [0.4, 0.5) is 0 Å². The molecule has 1 N–H and O–H groups in total. The number of fused-ring (bicyclic) bond motifs is 3. The largest absolute Gasteiger partial charge is 0.331 e. The molecule has 0 spiro atoms. The van der Waals surface area contributed by atoms with Crippen LogP contribution in [-0.2, 0) is 0 Å². The highest BCUT2D eigenvalue weighted by atomic mass is 16.1. The molecule has 1 aromatic carbocycles. The van der Waals surface area contributed by atoms with Gasteiger partial charge in [0.1, 0.15) is 0 Å². The Morgan fingerprint density at radius 1 is 1.10 bits per heavy atom. The van der Waals surface area contributed by atoms with E-state index in [1.807, 2.05) is 30.3 Å². The molecule has 0 saturated heterocycles. The number of hydrogen-bond acceptors (Lipinski definition) is 3. The van der Waals surface area contributed by atoms with Crippen LogP contribution >= 0.6 is 0 Å². The van der Waals surface area contributed by atoms with Crippen LogP contribution in [0.5, 0.6) is 0 Å². The first kappa shape index (κ1) is 10.9. The number of imidazole rings is 1. The molecule has 20 heavy (non-hydrogen) atoms. The molecule has 0 aliphatic heterocycles. The molecule has 4 aromatic rings.